The second-order valence-electron chi connectivity index (χ2n) is 11.8. The van der Waals surface area contributed by atoms with Gasteiger partial charge in [-0.05, 0) is 99.2 Å². The molecule has 2 heterocycles. The highest BCUT2D eigenvalue weighted by Crippen LogP contribution is 2.38. The molecule has 0 N–H and O–H groups in total. The maximum Gasteiger partial charge on any atom is 0.0542 e. The minimum atomic E-state index is 1.08. The van der Waals surface area contributed by atoms with Crippen molar-refractivity contribution in [3.8, 4) is 22.5 Å². The number of rotatable bonds is 3. The van der Waals surface area contributed by atoms with Crippen LogP contribution in [-0.2, 0) is 6.42 Å². The van der Waals surface area contributed by atoms with Crippen molar-refractivity contribution < 1.29 is 0 Å². The molecule has 5 aromatic carbocycles. The van der Waals surface area contributed by atoms with Crippen LogP contribution in [0.15, 0.2) is 115 Å². The van der Waals surface area contributed by atoms with Crippen molar-refractivity contribution in [3.63, 3.8) is 0 Å². The lowest BCUT2D eigenvalue weighted by Gasteiger charge is -2.14. The van der Waals surface area contributed by atoms with Crippen molar-refractivity contribution in [1.82, 2.24) is 9.13 Å². The van der Waals surface area contributed by atoms with Crippen LogP contribution in [0.25, 0.3) is 61.3 Å². The van der Waals surface area contributed by atoms with Crippen LogP contribution < -0.4 is 0 Å². The molecule has 0 bridgehead atoms. The van der Waals surface area contributed by atoms with Crippen LogP contribution in [0.4, 0.5) is 0 Å². The summed E-state index contributed by atoms with van der Waals surface area (Å²) >= 11 is 0. The average molecular weight is 543 g/mol. The molecule has 7 aromatic rings. The third-order valence-electron chi connectivity index (χ3n) is 9.02. The summed E-state index contributed by atoms with van der Waals surface area (Å²) in [5, 5.41) is 3.91. The molecule has 0 saturated carbocycles. The average Bonchev–Trinajstić information content (AvgIpc) is 3.49. The van der Waals surface area contributed by atoms with Gasteiger partial charge in [-0.25, -0.2) is 0 Å². The van der Waals surface area contributed by atoms with E-state index in [9.17, 15) is 0 Å². The van der Waals surface area contributed by atoms with Crippen LogP contribution in [0.1, 0.15) is 41.6 Å². The molecule has 1 aliphatic rings. The van der Waals surface area contributed by atoms with Crippen LogP contribution in [0.2, 0.25) is 0 Å². The SMILES string of the molecule is Cc1ccc(-c2ccc3c(c2)c2c(n3-c3ccc4c(c3)c3ccccc3n4-c3ccc(C)cc3)CCCC/C=C\2)cc1. The smallest absolute Gasteiger partial charge is 0.0542 e. The number of nitrogens with zero attached hydrogens (tertiary/aromatic N) is 2. The Hall–Kier alpha value is -4.82. The molecule has 42 heavy (non-hydrogen) atoms. The summed E-state index contributed by atoms with van der Waals surface area (Å²) in [6.07, 6.45) is 9.42. The molecule has 0 spiro atoms. The maximum atomic E-state index is 2.54. The van der Waals surface area contributed by atoms with Crippen molar-refractivity contribution >= 4 is 38.8 Å². The molecular weight excluding hydrogens is 508 g/mol. The van der Waals surface area contributed by atoms with E-state index in [1.807, 2.05) is 0 Å². The van der Waals surface area contributed by atoms with Gasteiger partial charge in [0.2, 0.25) is 0 Å². The van der Waals surface area contributed by atoms with Gasteiger partial charge in [-0.15, -0.1) is 0 Å². The van der Waals surface area contributed by atoms with Gasteiger partial charge in [-0.1, -0.05) is 83.9 Å². The first-order valence-electron chi connectivity index (χ1n) is 15.2. The van der Waals surface area contributed by atoms with Crippen molar-refractivity contribution in [2.45, 2.75) is 39.5 Å². The van der Waals surface area contributed by atoms with E-state index in [1.165, 1.54) is 90.4 Å². The van der Waals surface area contributed by atoms with Crippen molar-refractivity contribution in [2.75, 3.05) is 0 Å². The number of fused-ring (bicyclic) bond motifs is 6. The van der Waals surface area contributed by atoms with Crippen LogP contribution in [-0.4, -0.2) is 9.13 Å². The van der Waals surface area contributed by atoms with E-state index >= 15 is 0 Å². The van der Waals surface area contributed by atoms with Crippen LogP contribution in [0.5, 0.6) is 0 Å². The summed E-state index contributed by atoms with van der Waals surface area (Å²) in [5.41, 5.74) is 14.1. The number of hydrogen-bond donors (Lipinski definition) is 0. The Kier molecular flexibility index (Phi) is 5.89. The first-order valence-corrected chi connectivity index (χ1v) is 15.2. The van der Waals surface area contributed by atoms with Crippen LogP contribution >= 0.6 is 0 Å². The van der Waals surface area contributed by atoms with Gasteiger partial charge in [-0.2, -0.15) is 0 Å². The molecule has 0 unspecified atom stereocenters. The molecule has 8 rings (SSSR count). The first kappa shape index (κ1) is 24.9. The highest BCUT2D eigenvalue weighted by molar-refractivity contribution is 6.10. The van der Waals surface area contributed by atoms with E-state index in [4.69, 9.17) is 0 Å². The summed E-state index contributed by atoms with van der Waals surface area (Å²) in [5.74, 6) is 0. The summed E-state index contributed by atoms with van der Waals surface area (Å²) in [7, 11) is 0. The Labute approximate surface area is 247 Å². The monoisotopic (exact) mass is 542 g/mol. The van der Waals surface area contributed by atoms with Gasteiger partial charge >= 0.3 is 0 Å². The third kappa shape index (κ3) is 4.01. The molecule has 0 saturated heterocycles. The predicted octanol–water partition coefficient (Wildman–Crippen LogP) is 10.8. The highest BCUT2D eigenvalue weighted by Gasteiger charge is 2.20. The number of hydrogen-bond acceptors (Lipinski definition) is 0. The zero-order valence-electron chi connectivity index (χ0n) is 24.3. The number of aryl methyl sites for hydroxylation is 2. The van der Waals surface area contributed by atoms with E-state index < -0.39 is 0 Å². The molecule has 0 aliphatic heterocycles. The van der Waals surface area contributed by atoms with E-state index in [2.05, 4.69) is 144 Å². The topological polar surface area (TPSA) is 9.86 Å². The van der Waals surface area contributed by atoms with Gasteiger partial charge < -0.3 is 9.13 Å². The van der Waals surface area contributed by atoms with E-state index in [-0.39, 0.29) is 0 Å². The van der Waals surface area contributed by atoms with Gasteiger partial charge in [0.25, 0.3) is 0 Å². The second-order valence-corrected chi connectivity index (χ2v) is 11.8. The molecular formula is C40H34N2. The molecule has 0 atom stereocenters. The summed E-state index contributed by atoms with van der Waals surface area (Å²) < 4.78 is 4.94. The molecule has 204 valence electrons. The number of para-hydroxylation sites is 1. The molecule has 2 aromatic heterocycles. The number of benzene rings is 5. The lowest BCUT2D eigenvalue weighted by Crippen LogP contribution is -2.02. The van der Waals surface area contributed by atoms with Crippen molar-refractivity contribution in [3.05, 3.63) is 138 Å². The summed E-state index contributed by atoms with van der Waals surface area (Å²) in [6, 6.07) is 40.7. The van der Waals surface area contributed by atoms with Gasteiger partial charge in [-0.3, -0.25) is 0 Å². The lowest BCUT2D eigenvalue weighted by atomic mass is 9.99. The standard InChI is InChI=1S/C40H34N2/c1-27-13-17-29(18-14-27)30-19-23-39-35(25-30)33-9-5-3-4-6-11-38(33)42(39)32-22-24-40-36(26-32)34-10-7-8-12-37(34)41(40)31-20-15-28(2)16-21-31/h5,7-10,12-26H,3-4,6,11H2,1-2H3/b9-5-. The van der Waals surface area contributed by atoms with Crippen LogP contribution in [0, 0.1) is 13.8 Å². The first-order chi connectivity index (χ1) is 20.7. The molecule has 2 nitrogen and oxygen atoms in total. The largest absolute Gasteiger partial charge is 0.313 e. The summed E-state index contributed by atoms with van der Waals surface area (Å²) in [4.78, 5) is 0. The quantitative estimate of drug-likeness (QED) is 0.210. The Balaban J connectivity index is 1.38. The van der Waals surface area contributed by atoms with Crippen molar-refractivity contribution in [2.24, 2.45) is 0 Å². The van der Waals surface area contributed by atoms with Crippen molar-refractivity contribution in [1.29, 1.82) is 0 Å². The van der Waals surface area contributed by atoms with E-state index in [0.717, 1.165) is 12.8 Å². The van der Waals surface area contributed by atoms with Gasteiger partial charge in [0.15, 0.2) is 0 Å². The maximum absolute atomic E-state index is 2.54. The molecule has 0 radical (unpaired) electrons. The zero-order chi connectivity index (χ0) is 28.2. The zero-order valence-corrected chi connectivity index (χ0v) is 24.3. The minimum absolute atomic E-state index is 1.08. The number of allylic oxidation sites excluding steroid dienone is 1. The fraction of sp³-hybridized carbons (Fsp3) is 0.150. The highest BCUT2D eigenvalue weighted by atomic mass is 15.0. The lowest BCUT2D eigenvalue weighted by molar-refractivity contribution is 0.722. The molecule has 1 aliphatic carbocycles. The van der Waals surface area contributed by atoms with Gasteiger partial charge in [0, 0.05) is 38.8 Å². The molecule has 0 amide bonds. The Bertz CT molecular complexity index is 2130. The van der Waals surface area contributed by atoms with E-state index in [0.29, 0.717) is 0 Å². The summed E-state index contributed by atoms with van der Waals surface area (Å²) in [6.45, 7) is 4.29. The fourth-order valence-corrected chi connectivity index (χ4v) is 6.85. The fourth-order valence-electron chi connectivity index (χ4n) is 6.85. The van der Waals surface area contributed by atoms with E-state index in [1.54, 1.807) is 0 Å². The number of aromatic nitrogens is 2. The van der Waals surface area contributed by atoms with Gasteiger partial charge in [0.1, 0.15) is 0 Å². The molecule has 2 heteroatoms. The predicted molar refractivity (Wildman–Crippen MR) is 179 cm³/mol. The minimum Gasteiger partial charge on any atom is -0.313 e. The Morgan fingerprint density at radius 2 is 1.19 bits per heavy atom. The molecule has 0 fully saturated rings. The van der Waals surface area contributed by atoms with Crippen LogP contribution in [0.3, 0.4) is 0 Å². The second kappa shape index (κ2) is 9.92. The third-order valence-corrected chi connectivity index (χ3v) is 9.02. The Morgan fingerprint density at radius 3 is 2.02 bits per heavy atom. The normalized spacial score (nSPS) is 14.2. The Morgan fingerprint density at radius 1 is 0.524 bits per heavy atom. The van der Waals surface area contributed by atoms with Gasteiger partial charge in [0.05, 0.1) is 16.6 Å².